The van der Waals surface area contributed by atoms with Crippen molar-refractivity contribution in [1.29, 1.82) is 0 Å². The van der Waals surface area contributed by atoms with Crippen molar-refractivity contribution in [2.45, 2.75) is 60.1 Å². The van der Waals surface area contributed by atoms with Crippen LogP contribution in [0.1, 0.15) is 48.5 Å². The lowest BCUT2D eigenvalue weighted by Crippen LogP contribution is -2.49. The van der Waals surface area contributed by atoms with Crippen LogP contribution in [0.25, 0.3) is 0 Å². The maximum Gasteiger partial charge on any atom is 0.0768 e. The molecule has 2 nitrogen and oxygen atoms in total. The second-order valence-electron chi connectivity index (χ2n) is 6.47. The maximum atomic E-state index is 10.2. The number of hydrogen-bond acceptors (Lipinski definition) is 2. The Balaban J connectivity index is 4.43. The minimum atomic E-state index is -0.603. The van der Waals surface area contributed by atoms with Gasteiger partial charge in [0.15, 0.2) is 0 Å². The Morgan fingerprint density at radius 2 is 1.47 bits per heavy atom. The fraction of sp³-hybridized carbons (Fsp3) is 1.00. The van der Waals surface area contributed by atoms with E-state index >= 15 is 0 Å². The first-order valence-corrected chi connectivity index (χ1v) is 5.91. The van der Waals surface area contributed by atoms with Gasteiger partial charge in [0, 0.05) is 12.6 Å². The largest absolute Gasteiger partial charge is 0.389 e. The van der Waals surface area contributed by atoms with Crippen LogP contribution in [0.4, 0.5) is 0 Å². The number of nitrogens with zero attached hydrogens (tertiary/aromatic N) is 1. The fourth-order valence-corrected chi connectivity index (χ4v) is 1.49. The molecule has 0 radical (unpaired) electrons. The Hall–Kier alpha value is -0.0800. The van der Waals surface area contributed by atoms with E-state index in [0.29, 0.717) is 6.04 Å². The average Bonchev–Trinajstić information content (AvgIpc) is 2.00. The molecule has 0 fully saturated rings. The van der Waals surface area contributed by atoms with Gasteiger partial charge in [0.25, 0.3) is 0 Å². The summed E-state index contributed by atoms with van der Waals surface area (Å²) in [6.07, 6.45) is 0. The SMILES string of the molecule is CC(N(C)CC(C)(O)C(C)C)C(C)(C)C. The number of aliphatic hydroxyl groups is 1. The molecule has 92 valence electrons. The van der Waals surface area contributed by atoms with E-state index in [9.17, 15) is 5.11 Å². The van der Waals surface area contributed by atoms with Gasteiger partial charge in [-0.15, -0.1) is 0 Å². The summed E-state index contributed by atoms with van der Waals surface area (Å²) in [7, 11) is 2.09. The van der Waals surface area contributed by atoms with Crippen LogP contribution in [-0.4, -0.2) is 35.2 Å². The number of rotatable bonds is 4. The highest BCUT2D eigenvalue weighted by Gasteiger charge is 2.31. The maximum absolute atomic E-state index is 10.2. The monoisotopic (exact) mass is 215 g/mol. The van der Waals surface area contributed by atoms with Gasteiger partial charge in [0.2, 0.25) is 0 Å². The zero-order valence-electron chi connectivity index (χ0n) is 11.8. The van der Waals surface area contributed by atoms with Crippen molar-refractivity contribution >= 4 is 0 Å². The standard InChI is InChI=1S/C13H29NO/c1-10(2)13(7,15)9-14(8)11(3)12(4,5)6/h10-11,15H,9H2,1-8H3. The van der Waals surface area contributed by atoms with Gasteiger partial charge in [0.1, 0.15) is 0 Å². The van der Waals surface area contributed by atoms with Crippen molar-refractivity contribution in [2.75, 3.05) is 13.6 Å². The molecule has 0 aliphatic carbocycles. The quantitative estimate of drug-likeness (QED) is 0.779. The molecule has 0 aromatic rings. The van der Waals surface area contributed by atoms with Crippen molar-refractivity contribution in [3.63, 3.8) is 0 Å². The van der Waals surface area contributed by atoms with Crippen LogP contribution in [0.3, 0.4) is 0 Å². The minimum Gasteiger partial charge on any atom is -0.389 e. The lowest BCUT2D eigenvalue weighted by Gasteiger charge is -2.40. The van der Waals surface area contributed by atoms with E-state index in [-0.39, 0.29) is 11.3 Å². The molecule has 15 heavy (non-hydrogen) atoms. The van der Waals surface area contributed by atoms with Crippen molar-refractivity contribution in [3.8, 4) is 0 Å². The van der Waals surface area contributed by atoms with Crippen LogP contribution in [0.15, 0.2) is 0 Å². The van der Waals surface area contributed by atoms with Crippen LogP contribution in [0.5, 0.6) is 0 Å². The summed E-state index contributed by atoms with van der Waals surface area (Å²) < 4.78 is 0. The van der Waals surface area contributed by atoms with Gasteiger partial charge in [-0.2, -0.15) is 0 Å². The summed E-state index contributed by atoms with van der Waals surface area (Å²) in [6.45, 7) is 15.7. The Labute approximate surface area is 95.7 Å². The van der Waals surface area contributed by atoms with E-state index in [0.717, 1.165) is 6.54 Å². The molecular weight excluding hydrogens is 186 g/mol. The highest BCUT2D eigenvalue weighted by atomic mass is 16.3. The Kier molecular flexibility index (Phi) is 4.81. The Morgan fingerprint density at radius 1 is 1.07 bits per heavy atom. The Morgan fingerprint density at radius 3 is 1.73 bits per heavy atom. The predicted octanol–water partition coefficient (Wildman–Crippen LogP) is 2.76. The van der Waals surface area contributed by atoms with E-state index in [1.54, 1.807) is 0 Å². The molecule has 0 aromatic carbocycles. The first-order chi connectivity index (χ1) is 6.48. The van der Waals surface area contributed by atoms with Gasteiger partial charge in [-0.05, 0) is 32.2 Å². The third kappa shape index (κ3) is 4.52. The van der Waals surface area contributed by atoms with Crippen LogP contribution < -0.4 is 0 Å². The second kappa shape index (κ2) is 4.84. The van der Waals surface area contributed by atoms with Gasteiger partial charge in [-0.25, -0.2) is 0 Å². The van der Waals surface area contributed by atoms with Crippen LogP contribution >= 0.6 is 0 Å². The molecule has 0 aliphatic rings. The van der Waals surface area contributed by atoms with Crippen LogP contribution in [-0.2, 0) is 0 Å². The normalized spacial score (nSPS) is 19.4. The average molecular weight is 215 g/mol. The molecule has 2 unspecified atom stereocenters. The highest BCUT2D eigenvalue weighted by molar-refractivity contribution is 4.85. The molecule has 0 aromatic heterocycles. The summed E-state index contributed by atoms with van der Waals surface area (Å²) in [5, 5.41) is 10.2. The molecular formula is C13H29NO. The zero-order valence-corrected chi connectivity index (χ0v) is 11.8. The molecule has 0 heterocycles. The lowest BCUT2D eigenvalue weighted by atomic mass is 9.85. The van der Waals surface area contributed by atoms with Crippen molar-refractivity contribution in [3.05, 3.63) is 0 Å². The van der Waals surface area contributed by atoms with E-state index < -0.39 is 5.60 Å². The summed E-state index contributed by atoms with van der Waals surface area (Å²) in [5.41, 5.74) is -0.351. The number of likely N-dealkylation sites (N-methyl/N-ethyl adjacent to an activating group) is 1. The second-order valence-corrected chi connectivity index (χ2v) is 6.47. The third-order valence-corrected chi connectivity index (χ3v) is 3.73. The predicted molar refractivity (Wildman–Crippen MR) is 67.0 cm³/mol. The summed E-state index contributed by atoms with van der Waals surface area (Å²) >= 11 is 0. The number of hydrogen-bond donors (Lipinski definition) is 1. The summed E-state index contributed by atoms with van der Waals surface area (Å²) in [6, 6.07) is 0.461. The molecule has 0 bridgehead atoms. The topological polar surface area (TPSA) is 23.5 Å². The highest BCUT2D eigenvalue weighted by Crippen LogP contribution is 2.25. The van der Waals surface area contributed by atoms with E-state index in [4.69, 9.17) is 0 Å². The smallest absolute Gasteiger partial charge is 0.0768 e. The van der Waals surface area contributed by atoms with Gasteiger partial charge in [-0.1, -0.05) is 34.6 Å². The fourth-order valence-electron chi connectivity index (χ4n) is 1.49. The Bertz CT molecular complexity index is 191. The van der Waals surface area contributed by atoms with Crippen molar-refractivity contribution in [2.24, 2.45) is 11.3 Å². The van der Waals surface area contributed by atoms with E-state index in [2.05, 4.69) is 53.5 Å². The molecule has 0 spiro atoms. The summed E-state index contributed by atoms with van der Waals surface area (Å²) in [5.74, 6) is 0.284. The van der Waals surface area contributed by atoms with E-state index in [1.807, 2.05) is 6.92 Å². The molecule has 0 amide bonds. The summed E-state index contributed by atoms with van der Waals surface area (Å²) in [4.78, 5) is 2.25. The minimum absolute atomic E-state index is 0.252. The van der Waals surface area contributed by atoms with Gasteiger partial charge in [0.05, 0.1) is 5.60 Å². The first-order valence-electron chi connectivity index (χ1n) is 5.91. The molecule has 0 saturated carbocycles. The van der Waals surface area contributed by atoms with Gasteiger partial charge < -0.3 is 10.0 Å². The first kappa shape index (κ1) is 14.9. The molecule has 0 saturated heterocycles. The molecule has 2 heteroatoms. The molecule has 2 atom stereocenters. The third-order valence-electron chi connectivity index (χ3n) is 3.73. The van der Waals surface area contributed by atoms with Gasteiger partial charge in [-0.3, -0.25) is 0 Å². The molecule has 1 N–H and O–H groups in total. The van der Waals surface area contributed by atoms with E-state index in [1.165, 1.54) is 0 Å². The molecule has 0 aliphatic heterocycles. The molecule has 0 rings (SSSR count). The van der Waals surface area contributed by atoms with Gasteiger partial charge >= 0.3 is 0 Å². The van der Waals surface area contributed by atoms with Crippen molar-refractivity contribution in [1.82, 2.24) is 4.90 Å². The van der Waals surface area contributed by atoms with Crippen LogP contribution in [0, 0.1) is 11.3 Å². The van der Waals surface area contributed by atoms with Crippen molar-refractivity contribution < 1.29 is 5.11 Å². The zero-order chi connectivity index (χ0) is 12.4. The lowest BCUT2D eigenvalue weighted by molar-refractivity contribution is -0.0312. The van der Waals surface area contributed by atoms with Crippen LogP contribution in [0.2, 0.25) is 0 Å².